The summed E-state index contributed by atoms with van der Waals surface area (Å²) in [4.78, 5) is 3.59. The highest BCUT2D eigenvalue weighted by Crippen LogP contribution is 2.15. The molecule has 1 heterocycles. The van der Waals surface area contributed by atoms with Crippen LogP contribution < -0.4 is 4.72 Å². The van der Waals surface area contributed by atoms with Gasteiger partial charge in [0.15, 0.2) is 5.82 Å². The number of benzene rings is 2. The lowest BCUT2D eigenvalue weighted by molar-refractivity contribution is 0.545. The first kappa shape index (κ1) is 19.1. The molecule has 0 unspecified atom stereocenters. The predicted octanol–water partition coefficient (Wildman–Crippen LogP) is 2.50. The van der Waals surface area contributed by atoms with Crippen LogP contribution in [0.1, 0.15) is 22.8 Å². The zero-order chi connectivity index (χ0) is 19.4. The van der Waals surface area contributed by atoms with Gasteiger partial charge in [0.05, 0.1) is 0 Å². The molecule has 0 saturated carbocycles. The Balaban J connectivity index is 1.58. The van der Waals surface area contributed by atoms with Crippen LogP contribution in [-0.2, 0) is 22.9 Å². The summed E-state index contributed by atoms with van der Waals surface area (Å²) in [6, 6.07) is 10.3. The Morgan fingerprint density at radius 1 is 1.11 bits per heavy atom. The third-order valence-electron chi connectivity index (χ3n) is 3.89. The Kier molecular flexibility index (Phi) is 5.62. The van der Waals surface area contributed by atoms with E-state index in [1.54, 1.807) is 0 Å². The molecule has 3 rings (SSSR count). The third kappa shape index (κ3) is 4.95. The highest BCUT2D eigenvalue weighted by atomic mass is 32.2. The van der Waals surface area contributed by atoms with Crippen molar-refractivity contribution in [3.05, 3.63) is 76.9 Å². The molecule has 1 aromatic heterocycles. The SMILES string of the molecule is Cc1ccc(Cc2nc(CCNS(=O)(=O)c3cc(F)ccc3F)n[nH]2)cc1. The number of sulfonamides is 1. The van der Waals surface area contributed by atoms with E-state index in [4.69, 9.17) is 0 Å². The van der Waals surface area contributed by atoms with Crippen LogP contribution >= 0.6 is 0 Å². The molecule has 0 saturated heterocycles. The number of aryl methyl sites for hydroxylation is 1. The molecule has 0 aliphatic carbocycles. The number of aromatic nitrogens is 3. The summed E-state index contributed by atoms with van der Waals surface area (Å²) in [6.45, 7) is 1.97. The van der Waals surface area contributed by atoms with E-state index in [9.17, 15) is 17.2 Å². The Morgan fingerprint density at radius 3 is 2.59 bits per heavy atom. The third-order valence-corrected chi connectivity index (χ3v) is 5.37. The molecular weight excluding hydrogens is 374 g/mol. The zero-order valence-electron chi connectivity index (χ0n) is 14.5. The van der Waals surface area contributed by atoms with E-state index in [0.717, 1.165) is 17.7 Å². The molecule has 2 N–H and O–H groups in total. The second-order valence-electron chi connectivity index (χ2n) is 6.08. The first-order chi connectivity index (χ1) is 12.8. The molecule has 0 amide bonds. The van der Waals surface area contributed by atoms with Crippen LogP contribution in [0, 0.1) is 18.6 Å². The molecule has 142 valence electrons. The largest absolute Gasteiger partial charge is 0.263 e. The highest BCUT2D eigenvalue weighted by Gasteiger charge is 2.19. The van der Waals surface area contributed by atoms with Crippen LogP contribution in [0.25, 0.3) is 0 Å². The van der Waals surface area contributed by atoms with Crippen molar-refractivity contribution in [2.75, 3.05) is 6.54 Å². The van der Waals surface area contributed by atoms with Crippen LogP contribution in [-0.4, -0.2) is 30.1 Å². The number of H-pyrrole nitrogens is 1. The van der Waals surface area contributed by atoms with Crippen molar-refractivity contribution >= 4 is 10.0 Å². The maximum Gasteiger partial charge on any atom is 0.243 e. The van der Waals surface area contributed by atoms with Crippen LogP contribution in [0.5, 0.6) is 0 Å². The summed E-state index contributed by atoms with van der Waals surface area (Å²) in [7, 11) is -4.16. The summed E-state index contributed by atoms with van der Waals surface area (Å²) in [5.41, 5.74) is 2.24. The number of nitrogens with zero attached hydrogens (tertiary/aromatic N) is 2. The monoisotopic (exact) mass is 392 g/mol. The topological polar surface area (TPSA) is 87.7 Å². The molecule has 3 aromatic rings. The van der Waals surface area contributed by atoms with Gasteiger partial charge in [-0.2, -0.15) is 5.10 Å². The van der Waals surface area contributed by atoms with Crippen molar-refractivity contribution in [1.82, 2.24) is 19.9 Å². The molecule has 0 fully saturated rings. The van der Waals surface area contributed by atoms with Crippen LogP contribution in [0.4, 0.5) is 8.78 Å². The summed E-state index contributed by atoms with van der Waals surface area (Å²) in [5, 5.41) is 6.87. The molecule has 6 nitrogen and oxygen atoms in total. The van der Waals surface area contributed by atoms with Gasteiger partial charge in [0.1, 0.15) is 22.4 Å². The highest BCUT2D eigenvalue weighted by molar-refractivity contribution is 7.89. The molecule has 9 heteroatoms. The number of aromatic amines is 1. The second-order valence-corrected chi connectivity index (χ2v) is 7.82. The fraction of sp³-hybridized carbons (Fsp3) is 0.222. The molecule has 0 atom stereocenters. The number of hydrogen-bond donors (Lipinski definition) is 2. The quantitative estimate of drug-likeness (QED) is 0.647. The fourth-order valence-electron chi connectivity index (χ4n) is 2.48. The zero-order valence-corrected chi connectivity index (χ0v) is 15.4. The molecular formula is C18H18F2N4O2S. The average molecular weight is 392 g/mol. The van der Waals surface area contributed by atoms with Crippen molar-refractivity contribution in [2.45, 2.75) is 24.7 Å². The normalized spacial score (nSPS) is 11.7. The van der Waals surface area contributed by atoms with Gasteiger partial charge in [-0.1, -0.05) is 29.8 Å². The first-order valence-corrected chi connectivity index (χ1v) is 9.72. The van der Waals surface area contributed by atoms with Crippen molar-refractivity contribution in [1.29, 1.82) is 0 Å². The lowest BCUT2D eigenvalue weighted by atomic mass is 10.1. The number of hydrogen-bond acceptors (Lipinski definition) is 4. The second kappa shape index (κ2) is 7.93. The number of halogens is 2. The lowest BCUT2D eigenvalue weighted by Gasteiger charge is -2.06. The van der Waals surface area contributed by atoms with Crippen molar-refractivity contribution in [2.24, 2.45) is 0 Å². The Labute approximate surface area is 155 Å². The molecule has 0 aliphatic heterocycles. The number of nitrogens with one attached hydrogen (secondary N) is 2. The maximum atomic E-state index is 13.6. The van der Waals surface area contributed by atoms with Gasteiger partial charge < -0.3 is 0 Å². The van der Waals surface area contributed by atoms with E-state index >= 15 is 0 Å². The van der Waals surface area contributed by atoms with Gasteiger partial charge >= 0.3 is 0 Å². The van der Waals surface area contributed by atoms with E-state index in [-0.39, 0.29) is 13.0 Å². The van der Waals surface area contributed by atoms with E-state index < -0.39 is 26.6 Å². The van der Waals surface area contributed by atoms with E-state index in [1.807, 2.05) is 31.2 Å². The Morgan fingerprint density at radius 2 is 1.85 bits per heavy atom. The summed E-state index contributed by atoms with van der Waals surface area (Å²) in [5.74, 6) is -0.749. The molecule has 0 radical (unpaired) electrons. The van der Waals surface area contributed by atoms with Crippen LogP contribution in [0.2, 0.25) is 0 Å². The summed E-state index contributed by atoms with van der Waals surface area (Å²) < 4.78 is 53.3. The van der Waals surface area contributed by atoms with E-state index in [0.29, 0.717) is 24.1 Å². The van der Waals surface area contributed by atoms with Crippen molar-refractivity contribution in [3.8, 4) is 0 Å². The van der Waals surface area contributed by atoms with Gasteiger partial charge in [-0.25, -0.2) is 26.9 Å². The molecule has 27 heavy (non-hydrogen) atoms. The first-order valence-electron chi connectivity index (χ1n) is 8.24. The summed E-state index contributed by atoms with van der Waals surface area (Å²) >= 11 is 0. The number of rotatable bonds is 7. The fourth-order valence-corrected chi connectivity index (χ4v) is 3.60. The van der Waals surface area contributed by atoms with Gasteiger partial charge in [-0.05, 0) is 30.7 Å². The van der Waals surface area contributed by atoms with Gasteiger partial charge in [-0.15, -0.1) is 0 Å². The average Bonchev–Trinajstić information content (AvgIpc) is 3.06. The molecule has 0 spiro atoms. The minimum absolute atomic E-state index is 0.0416. The van der Waals surface area contributed by atoms with Crippen molar-refractivity contribution < 1.29 is 17.2 Å². The molecule has 2 aromatic carbocycles. The lowest BCUT2D eigenvalue weighted by Crippen LogP contribution is -2.27. The predicted molar refractivity (Wildman–Crippen MR) is 95.6 cm³/mol. The minimum atomic E-state index is -4.16. The van der Waals surface area contributed by atoms with Crippen LogP contribution in [0.15, 0.2) is 47.4 Å². The Hall–Kier alpha value is -2.65. The Bertz CT molecular complexity index is 1030. The van der Waals surface area contributed by atoms with Gasteiger partial charge in [0.25, 0.3) is 0 Å². The summed E-state index contributed by atoms with van der Waals surface area (Å²) in [6.07, 6.45) is 0.786. The van der Waals surface area contributed by atoms with Crippen molar-refractivity contribution in [3.63, 3.8) is 0 Å². The van der Waals surface area contributed by atoms with E-state index in [2.05, 4.69) is 19.9 Å². The van der Waals surface area contributed by atoms with E-state index in [1.165, 1.54) is 5.56 Å². The molecule has 0 bridgehead atoms. The smallest absolute Gasteiger partial charge is 0.243 e. The van der Waals surface area contributed by atoms with Gasteiger partial charge in [-0.3, -0.25) is 5.10 Å². The van der Waals surface area contributed by atoms with Gasteiger partial charge in [0, 0.05) is 19.4 Å². The molecule has 0 aliphatic rings. The minimum Gasteiger partial charge on any atom is -0.263 e. The standard InChI is InChI=1S/C18H18F2N4O2S/c1-12-2-4-13(5-3-12)10-18-22-17(23-24-18)8-9-21-27(25,26)16-11-14(19)6-7-15(16)20/h2-7,11,21H,8-10H2,1H3,(H,22,23,24). The maximum absolute atomic E-state index is 13.6. The van der Waals surface area contributed by atoms with Crippen LogP contribution in [0.3, 0.4) is 0 Å². The van der Waals surface area contributed by atoms with Gasteiger partial charge in [0.2, 0.25) is 10.0 Å².